The molecule has 0 amide bonds. The van der Waals surface area contributed by atoms with Crippen LogP contribution in [0.2, 0.25) is 0 Å². The molecule has 0 saturated heterocycles. The Hall–Kier alpha value is -1.66. The van der Waals surface area contributed by atoms with Crippen LogP contribution in [0.15, 0.2) is 40.5 Å². The Kier molecular flexibility index (Phi) is 4.59. The van der Waals surface area contributed by atoms with Gasteiger partial charge in [0.25, 0.3) is 0 Å². The van der Waals surface area contributed by atoms with E-state index in [1.165, 1.54) is 17.3 Å². The zero-order valence-corrected chi connectivity index (χ0v) is 14.2. The van der Waals surface area contributed by atoms with Crippen molar-refractivity contribution in [1.29, 1.82) is 0 Å². The monoisotopic (exact) mass is 332 g/mol. The predicted octanol–water partition coefficient (Wildman–Crippen LogP) is 4.08. The molecule has 2 aromatic rings. The maximum atomic E-state index is 5.38. The highest BCUT2D eigenvalue weighted by atomic mass is 32.2. The molecule has 3 rings (SSSR count). The maximum Gasteiger partial charge on any atom is 0.225 e. The van der Waals surface area contributed by atoms with E-state index in [1.54, 1.807) is 26.0 Å². The summed E-state index contributed by atoms with van der Waals surface area (Å²) in [5.41, 5.74) is 2.17. The van der Waals surface area contributed by atoms with Crippen molar-refractivity contribution < 1.29 is 9.47 Å². The average molecular weight is 332 g/mol. The van der Waals surface area contributed by atoms with E-state index in [0.29, 0.717) is 5.88 Å². The van der Waals surface area contributed by atoms with Gasteiger partial charge in [0, 0.05) is 0 Å². The van der Waals surface area contributed by atoms with Crippen molar-refractivity contribution in [1.82, 2.24) is 9.97 Å². The van der Waals surface area contributed by atoms with E-state index in [2.05, 4.69) is 28.2 Å². The van der Waals surface area contributed by atoms with Gasteiger partial charge < -0.3 is 9.47 Å². The molecule has 0 fully saturated rings. The van der Waals surface area contributed by atoms with Gasteiger partial charge in [-0.05, 0) is 30.0 Å². The summed E-state index contributed by atoms with van der Waals surface area (Å²) in [5, 5.41) is 1.92. The molecule has 4 nitrogen and oxygen atoms in total. The molecule has 0 saturated carbocycles. The Morgan fingerprint density at radius 1 is 1.09 bits per heavy atom. The SMILES string of the molecule is COc1ccc(C2C=Cc3c(OC)nc(SC)nc3S2)cc1. The molecule has 0 radical (unpaired) electrons. The van der Waals surface area contributed by atoms with Gasteiger partial charge in [-0.3, -0.25) is 0 Å². The molecule has 1 aliphatic rings. The van der Waals surface area contributed by atoms with Gasteiger partial charge in [-0.15, -0.1) is 0 Å². The van der Waals surface area contributed by atoms with E-state index in [-0.39, 0.29) is 5.25 Å². The quantitative estimate of drug-likeness (QED) is 0.478. The molecule has 0 spiro atoms. The van der Waals surface area contributed by atoms with Gasteiger partial charge in [-0.2, -0.15) is 4.98 Å². The summed E-state index contributed by atoms with van der Waals surface area (Å²) < 4.78 is 10.6. The highest BCUT2D eigenvalue weighted by Crippen LogP contribution is 2.44. The zero-order valence-electron chi connectivity index (χ0n) is 12.6. The zero-order chi connectivity index (χ0) is 15.5. The molecule has 1 aromatic carbocycles. The lowest BCUT2D eigenvalue weighted by Gasteiger charge is -2.20. The number of hydrogen-bond acceptors (Lipinski definition) is 6. The minimum atomic E-state index is 0.229. The third-order valence-corrected chi connectivity index (χ3v) is 5.12. The number of methoxy groups -OCH3 is 2. The summed E-state index contributed by atoms with van der Waals surface area (Å²) in [6.45, 7) is 0. The molecule has 1 aliphatic heterocycles. The van der Waals surface area contributed by atoms with Gasteiger partial charge in [0.1, 0.15) is 10.8 Å². The van der Waals surface area contributed by atoms with Crippen molar-refractivity contribution in [3.8, 4) is 11.6 Å². The molecule has 1 unspecified atom stereocenters. The van der Waals surface area contributed by atoms with Crippen LogP contribution in [0.3, 0.4) is 0 Å². The second-order valence-corrected chi connectivity index (χ2v) is 6.51. The van der Waals surface area contributed by atoms with E-state index < -0.39 is 0 Å². The summed E-state index contributed by atoms with van der Waals surface area (Å²) in [6, 6.07) is 8.12. The lowest BCUT2D eigenvalue weighted by molar-refractivity contribution is 0.388. The molecule has 2 heterocycles. The number of ether oxygens (including phenoxy) is 2. The largest absolute Gasteiger partial charge is 0.497 e. The lowest BCUT2D eigenvalue weighted by atomic mass is 10.1. The van der Waals surface area contributed by atoms with Crippen molar-refractivity contribution in [2.45, 2.75) is 15.4 Å². The van der Waals surface area contributed by atoms with E-state index in [0.717, 1.165) is 21.5 Å². The number of hydrogen-bond donors (Lipinski definition) is 0. The molecule has 0 aliphatic carbocycles. The summed E-state index contributed by atoms with van der Waals surface area (Å²) in [6.07, 6.45) is 6.16. The van der Waals surface area contributed by atoms with Crippen molar-refractivity contribution in [2.75, 3.05) is 20.5 Å². The Morgan fingerprint density at radius 2 is 1.86 bits per heavy atom. The maximum absolute atomic E-state index is 5.38. The van der Waals surface area contributed by atoms with E-state index in [9.17, 15) is 0 Å². The molecule has 0 bridgehead atoms. The van der Waals surface area contributed by atoms with Crippen LogP contribution in [0.1, 0.15) is 16.4 Å². The fraction of sp³-hybridized carbons (Fsp3) is 0.250. The van der Waals surface area contributed by atoms with Crippen LogP contribution in [0.5, 0.6) is 11.6 Å². The van der Waals surface area contributed by atoms with Gasteiger partial charge in [-0.1, -0.05) is 41.7 Å². The molecular formula is C16H16N2O2S2. The molecule has 114 valence electrons. The molecule has 1 atom stereocenters. The van der Waals surface area contributed by atoms with Gasteiger partial charge in [0.15, 0.2) is 5.16 Å². The topological polar surface area (TPSA) is 44.2 Å². The highest BCUT2D eigenvalue weighted by Gasteiger charge is 2.22. The molecule has 6 heteroatoms. The Balaban J connectivity index is 1.93. The molecule has 1 aromatic heterocycles. The van der Waals surface area contributed by atoms with Crippen molar-refractivity contribution in [2.24, 2.45) is 0 Å². The Bertz CT molecular complexity index is 702. The van der Waals surface area contributed by atoms with E-state index >= 15 is 0 Å². The van der Waals surface area contributed by atoms with Gasteiger partial charge >= 0.3 is 0 Å². The van der Waals surface area contributed by atoms with Crippen molar-refractivity contribution in [3.63, 3.8) is 0 Å². The third kappa shape index (κ3) is 2.94. The smallest absolute Gasteiger partial charge is 0.225 e. The summed E-state index contributed by atoms with van der Waals surface area (Å²) in [4.78, 5) is 9.00. The second kappa shape index (κ2) is 6.62. The fourth-order valence-corrected chi connectivity index (χ4v) is 3.73. The highest BCUT2D eigenvalue weighted by molar-refractivity contribution is 8.00. The number of nitrogens with zero attached hydrogens (tertiary/aromatic N) is 2. The van der Waals surface area contributed by atoms with E-state index in [1.807, 2.05) is 24.5 Å². The number of fused-ring (bicyclic) bond motifs is 1. The number of thioether (sulfide) groups is 2. The summed E-state index contributed by atoms with van der Waals surface area (Å²) in [7, 11) is 3.31. The average Bonchev–Trinajstić information content (AvgIpc) is 2.60. The number of rotatable bonds is 4. The van der Waals surface area contributed by atoms with Crippen LogP contribution in [0.25, 0.3) is 6.08 Å². The number of benzene rings is 1. The molecule has 0 N–H and O–H groups in total. The third-order valence-electron chi connectivity index (χ3n) is 3.35. The Labute approximate surface area is 138 Å². The van der Waals surface area contributed by atoms with Crippen molar-refractivity contribution >= 4 is 29.6 Å². The van der Waals surface area contributed by atoms with Crippen LogP contribution in [-0.4, -0.2) is 30.4 Å². The fourth-order valence-electron chi connectivity index (χ4n) is 2.21. The lowest BCUT2D eigenvalue weighted by Crippen LogP contribution is -2.03. The van der Waals surface area contributed by atoms with Crippen LogP contribution >= 0.6 is 23.5 Å². The standard InChI is InChI=1S/C16H16N2O2S2/c1-19-11-6-4-10(5-7-11)13-9-8-12-14(20-2)17-16(21-3)18-15(12)22-13/h4-9,13H,1-3H3. The van der Waals surface area contributed by atoms with Gasteiger partial charge in [0.2, 0.25) is 5.88 Å². The van der Waals surface area contributed by atoms with Crippen LogP contribution in [-0.2, 0) is 0 Å². The minimum absolute atomic E-state index is 0.229. The second-order valence-electron chi connectivity index (χ2n) is 4.61. The van der Waals surface area contributed by atoms with Crippen LogP contribution in [0, 0.1) is 0 Å². The minimum Gasteiger partial charge on any atom is -0.497 e. The molecular weight excluding hydrogens is 316 g/mol. The Morgan fingerprint density at radius 3 is 2.50 bits per heavy atom. The van der Waals surface area contributed by atoms with Gasteiger partial charge in [-0.25, -0.2) is 4.98 Å². The predicted molar refractivity (Wildman–Crippen MR) is 91.0 cm³/mol. The number of aromatic nitrogens is 2. The van der Waals surface area contributed by atoms with Crippen LogP contribution in [0.4, 0.5) is 0 Å². The first-order valence-electron chi connectivity index (χ1n) is 6.74. The molecule has 22 heavy (non-hydrogen) atoms. The first kappa shape index (κ1) is 15.2. The summed E-state index contributed by atoms with van der Waals surface area (Å²) >= 11 is 3.23. The van der Waals surface area contributed by atoms with E-state index in [4.69, 9.17) is 9.47 Å². The first-order valence-corrected chi connectivity index (χ1v) is 8.84. The van der Waals surface area contributed by atoms with Gasteiger partial charge in [0.05, 0.1) is 25.0 Å². The summed E-state index contributed by atoms with van der Waals surface area (Å²) in [5.74, 6) is 1.49. The first-order chi connectivity index (χ1) is 10.7. The normalized spacial score (nSPS) is 16.2. The van der Waals surface area contributed by atoms with Crippen molar-refractivity contribution in [3.05, 3.63) is 41.5 Å². The van der Waals surface area contributed by atoms with Crippen LogP contribution < -0.4 is 9.47 Å².